The average molecular weight is 924 g/mol. The van der Waals surface area contributed by atoms with Crippen LogP contribution in [0.5, 0.6) is 0 Å². The fourth-order valence-electron chi connectivity index (χ4n) is 9.75. The molecule has 0 saturated carbocycles. The molecule has 7 atom stereocenters. The van der Waals surface area contributed by atoms with Crippen molar-refractivity contribution >= 4 is 66.0 Å². The first-order valence-corrected chi connectivity index (χ1v) is 20.0. The number of fused-ring (bicyclic) bond motifs is 8. The van der Waals surface area contributed by atoms with E-state index in [9.17, 15) is 79.2 Å². The summed E-state index contributed by atoms with van der Waals surface area (Å²) >= 11 is 0. The van der Waals surface area contributed by atoms with E-state index in [1.807, 2.05) is 0 Å². The van der Waals surface area contributed by atoms with Gasteiger partial charge in [0, 0.05) is 48.9 Å². The van der Waals surface area contributed by atoms with Crippen molar-refractivity contribution in [3.05, 3.63) is 60.7 Å². The van der Waals surface area contributed by atoms with Crippen LogP contribution in [0.25, 0.3) is 28.9 Å². The van der Waals surface area contributed by atoms with Gasteiger partial charge in [-0.25, -0.2) is 0 Å². The Labute approximate surface area is 369 Å². The maximum absolute atomic E-state index is 12.6. The SMILES string of the molecule is C[C@@]1(CC(=O)O)/C2=C/c3[n-]c(c(CCC(=O)O)c3CC(=O)O)/C=c3\[n-]/c(c(CC(=O)O)c3CCC(=O)O)=C\C3[N-]C(CC([N-]2)[C@H]1CCC(=O)O)[C@@](C)(CC(=O)O)[C@@H]3CCC(=O)O.[Co]. The zero-order valence-electron chi connectivity index (χ0n) is 34.3. The van der Waals surface area contributed by atoms with Crippen molar-refractivity contribution in [2.45, 2.75) is 115 Å². The Bertz CT molecular complexity index is 2330. The van der Waals surface area contributed by atoms with Crippen molar-refractivity contribution in [3.8, 4) is 0 Å². The van der Waals surface area contributed by atoms with E-state index in [-0.39, 0.29) is 98.9 Å². The van der Waals surface area contributed by atoms with Gasteiger partial charge in [-0.1, -0.05) is 49.1 Å². The first kappa shape index (κ1) is 49.7. The van der Waals surface area contributed by atoms with Crippen LogP contribution in [-0.2, 0) is 80.8 Å². The van der Waals surface area contributed by atoms with Crippen LogP contribution in [0.3, 0.4) is 0 Å². The molecule has 345 valence electrons. The molecule has 8 bridgehead atoms. The van der Waals surface area contributed by atoms with Crippen LogP contribution in [0.15, 0.2) is 5.70 Å². The van der Waals surface area contributed by atoms with Gasteiger partial charge in [0.2, 0.25) is 0 Å². The van der Waals surface area contributed by atoms with Crippen molar-refractivity contribution in [1.82, 2.24) is 9.97 Å². The topological polar surface area (TPSA) is 355 Å². The molecule has 21 heteroatoms. The fourth-order valence-corrected chi connectivity index (χ4v) is 9.75. The van der Waals surface area contributed by atoms with Gasteiger partial charge in [0.1, 0.15) is 0 Å². The Morgan fingerprint density at radius 2 is 1.11 bits per heavy atom. The number of nitrogens with zero attached hydrogens (tertiary/aromatic N) is 4. The van der Waals surface area contributed by atoms with Gasteiger partial charge in [-0.3, -0.25) is 38.4 Å². The Morgan fingerprint density at radius 1 is 0.587 bits per heavy atom. The maximum Gasteiger partial charge on any atom is 0.307 e. The van der Waals surface area contributed by atoms with Gasteiger partial charge in [-0.05, 0) is 53.9 Å². The van der Waals surface area contributed by atoms with Gasteiger partial charge in [0.05, 0.1) is 19.3 Å². The summed E-state index contributed by atoms with van der Waals surface area (Å²) in [5.41, 5.74) is -2.17. The summed E-state index contributed by atoms with van der Waals surface area (Å²) in [6.07, 6.45) is -0.750. The molecule has 3 unspecified atom stereocenters. The first-order valence-electron chi connectivity index (χ1n) is 20.0. The number of hydrogen-bond donors (Lipinski definition) is 8. The van der Waals surface area contributed by atoms with Crippen LogP contribution < -0.4 is 20.7 Å². The number of aromatic nitrogens is 2. The average Bonchev–Trinajstić information content (AvgIpc) is 3.77. The van der Waals surface area contributed by atoms with Crippen LogP contribution in [0.4, 0.5) is 0 Å². The first-order chi connectivity index (χ1) is 29.0. The smallest absolute Gasteiger partial charge is 0.307 e. The van der Waals surface area contributed by atoms with Crippen LogP contribution in [-0.4, -0.2) is 107 Å². The molecule has 0 aromatic carbocycles. The fraction of sp³-hybridized carbons (Fsp3) is 0.524. The summed E-state index contributed by atoms with van der Waals surface area (Å²) in [4.78, 5) is 107. The molecule has 0 amide bonds. The summed E-state index contributed by atoms with van der Waals surface area (Å²) in [7, 11) is 0. The number of allylic oxidation sites excluding steroid dienone is 1. The van der Waals surface area contributed by atoms with E-state index in [1.54, 1.807) is 13.8 Å². The van der Waals surface area contributed by atoms with Crippen molar-refractivity contribution in [2.75, 3.05) is 0 Å². The molecule has 1 radical (unpaired) electrons. The third-order valence-corrected chi connectivity index (χ3v) is 12.6. The number of carbonyl (C=O) groups is 8. The predicted octanol–water partition coefficient (Wildman–Crippen LogP) is 2.05. The van der Waals surface area contributed by atoms with E-state index in [0.717, 1.165) is 0 Å². The minimum atomic E-state index is -1.43. The van der Waals surface area contributed by atoms with E-state index >= 15 is 0 Å². The maximum atomic E-state index is 12.6. The summed E-state index contributed by atoms with van der Waals surface area (Å²) in [6.45, 7) is 3.22. The largest absolute Gasteiger partial charge is 0.684 e. The van der Waals surface area contributed by atoms with Gasteiger partial charge in [0.15, 0.2) is 0 Å². The molecule has 8 N–H and O–H groups in total. The summed E-state index contributed by atoms with van der Waals surface area (Å²) < 4.78 is 0. The Balaban J connectivity index is 0.00000871. The van der Waals surface area contributed by atoms with E-state index in [2.05, 4.69) is 0 Å². The zero-order chi connectivity index (χ0) is 45.8. The van der Waals surface area contributed by atoms with Crippen LogP contribution in [0, 0.1) is 22.7 Å². The number of rotatable bonds is 20. The zero-order valence-corrected chi connectivity index (χ0v) is 35.3. The van der Waals surface area contributed by atoms with Gasteiger partial charge >= 0.3 is 47.8 Å². The van der Waals surface area contributed by atoms with Gasteiger partial charge in [-0.15, -0.1) is 46.3 Å². The van der Waals surface area contributed by atoms with Gasteiger partial charge < -0.3 is 61.5 Å². The summed E-state index contributed by atoms with van der Waals surface area (Å²) in [5, 5.41) is 89.9. The molecule has 0 spiro atoms. The van der Waals surface area contributed by atoms with Crippen molar-refractivity contribution in [3.63, 3.8) is 0 Å². The van der Waals surface area contributed by atoms with Crippen LogP contribution in [0.1, 0.15) is 105 Å². The van der Waals surface area contributed by atoms with Crippen molar-refractivity contribution in [1.29, 1.82) is 0 Å². The molecule has 0 aliphatic carbocycles. The molecule has 20 nitrogen and oxygen atoms in total. The molecular weight excluding hydrogens is 875 g/mol. The van der Waals surface area contributed by atoms with Gasteiger partial charge in [-0.2, -0.15) is 5.70 Å². The van der Waals surface area contributed by atoms with Crippen LogP contribution >= 0.6 is 0 Å². The predicted molar refractivity (Wildman–Crippen MR) is 214 cm³/mol. The standard InChI is InChI=1S/C42H48N4O16.Co/c1-41(17-39(59)60)23(5-9-35(51)52)29-14-27-21(11-37(55)56)19(3-7-33(47)48)25(43-27)13-26-20(4-8-34(49)50)22(12-38(57)58)28(44-26)15-31-42(2,18-40(61)62)24(6-10-36(53)54)30(46-31)16-32(41)45-29;/h13-15,23-24,29-30,32H,3-12,16-18H2,1-2H3,(H,47,48)(H,49,50)(H,51,52)(H,53,54)(H,55,56)(H,57,58)(H,59,60)(H,61,62);/q-4;/b25-13-,27-14-,31-15-;/t23-,24-,29?,30?,32?,41+,42+;/m1./s1. The van der Waals surface area contributed by atoms with E-state index in [4.69, 9.17) is 20.6 Å². The monoisotopic (exact) mass is 923 g/mol. The normalized spacial score (nSPS) is 26.6. The molecular formula is C42H48CoN4O16-4. The third kappa shape index (κ3) is 11.4. The Kier molecular flexibility index (Phi) is 15.8. The number of hydrogen-bond acceptors (Lipinski definition) is 8. The molecule has 5 rings (SSSR count). The minimum Gasteiger partial charge on any atom is -0.684 e. The quantitative estimate of drug-likeness (QED) is 0.0942. The summed E-state index contributed by atoms with van der Waals surface area (Å²) in [6, 6.07) is -2.86. The van der Waals surface area contributed by atoms with Gasteiger partial charge in [0.25, 0.3) is 0 Å². The number of carboxylic acids is 8. The van der Waals surface area contributed by atoms with E-state index in [0.29, 0.717) is 0 Å². The minimum absolute atomic E-state index is 0. The van der Waals surface area contributed by atoms with Crippen LogP contribution in [0.2, 0.25) is 0 Å². The van der Waals surface area contributed by atoms with E-state index < -0.39 is 140 Å². The van der Waals surface area contributed by atoms with E-state index in [1.165, 1.54) is 18.2 Å². The molecule has 63 heavy (non-hydrogen) atoms. The third-order valence-electron chi connectivity index (χ3n) is 12.6. The molecule has 3 aliphatic heterocycles. The van der Waals surface area contributed by atoms with Crippen molar-refractivity contribution in [2.24, 2.45) is 22.7 Å². The van der Waals surface area contributed by atoms with Crippen molar-refractivity contribution < 1.29 is 96.0 Å². The molecule has 2 fully saturated rings. The molecule has 3 aliphatic rings. The molecule has 5 heterocycles. The molecule has 2 aromatic heterocycles. The Hall–Kier alpha value is -5.93. The second-order valence-corrected chi connectivity index (χ2v) is 16.7. The second kappa shape index (κ2) is 20.1. The number of aliphatic carboxylic acids is 8. The summed E-state index contributed by atoms with van der Waals surface area (Å²) in [5.74, 6) is -11.6. The molecule has 2 saturated heterocycles. The number of carboxylic acid groups (broad SMARTS) is 8. The second-order valence-electron chi connectivity index (χ2n) is 16.7. The molecule has 2 aromatic rings. The Morgan fingerprint density at radius 3 is 1.65 bits per heavy atom.